The molecule has 0 aliphatic heterocycles. The van der Waals surface area contributed by atoms with Gasteiger partial charge < -0.3 is 29.9 Å². The summed E-state index contributed by atoms with van der Waals surface area (Å²) in [5.74, 6) is -1.02. The minimum Gasteiger partial charge on any atom is -0.493 e. The number of halogens is 2. The first-order chi connectivity index (χ1) is 22.6. The third-order valence-electron chi connectivity index (χ3n) is 7.70. The molecule has 1 fully saturated rings. The Morgan fingerprint density at radius 1 is 1.11 bits per heavy atom. The Kier molecular flexibility index (Phi) is 11.3. The highest BCUT2D eigenvalue weighted by atomic mass is 31.2. The van der Waals surface area contributed by atoms with Crippen molar-refractivity contribution >= 4 is 42.0 Å². The third-order valence-corrected chi connectivity index (χ3v) is 8.22. The van der Waals surface area contributed by atoms with E-state index in [9.17, 15) is 18.1 Å². The third kappa shape index (κ3) is 9.42. The second kappa shape index (κ2) is 15.6. The smallest absolute Gasteiger partial charge is 0.469 e. The summed E-state index contributed by atoms with van der Waals surface area (Å²) in [4.78, 5) is 41.4. The average molecular weight is 676 g/mol. The molecular weight excluding hydrogens is 639 g/mol. The van der Waals surface area contributed by atoms with Crippen LogP contribution in [0.3, 0.4) is 0 Å². The summed E-state index contributed by atoms with van der Waals surface area (Å²) < 4.78 is 54.8. The molecule has 0 unspecified atom stereocenters. The number of rotatable bonds is 16. The van der Waals surface area contributed by atoms with Crippen LogP contribution in [0.4, 0.5) is 26.1 Å². The van der Waals surface area contributed by atoms with Gasteiger partial charge in [0.2, 0.25) is 5.91 Å². The molecule has 1 aliphatic rings. The maximum atomic E-state index is 13.9. The number of hydrogen-bond acceptors (Lipinski definition) is 10. The lowest BCUT2D eigenvalue weighted by Gasteiger charge is -2.28. The van der Waals surface area contributed by atoms with Crippen LogP contribution in [0.5, 0.6) is 11.5 Å². The van der Waals surface area contributed by atoms with E-state index in [1.54, 1.807) is 18.2 Å². The van der Waals surface area contributed by atoms with Crippen molar-refractivity contribution in [2.75, 3.05) is 44.0 Å². The van der Waals surface area contributed by atoms with Crippen LogP contribution in [-0.2, 0) is 20.3 Å². The number of fused-ring (bicyclic) bond motifs is 1. The molecule has 2 aromatic carbocycles. The number of hydrogen-bond donors (Lipinski definition) is 5. The van der Waals surface area contributed by atoms with Crippen LogP contribution in [0.2, 0.25) is 0 Å². The zero-order chi connectivity index (χ0) is 33.4. The predicted molar refractivity (Wildman–Crippen MR) is 169 cm³/mol. The summed E-state index contributed by atoms with van der Waals surface area (Å²) in [6, 6.07) is 8.96. The largest absolute Gasteiger partial charge is 0.493 e. The number of nitrogens with one attached hydrogen (secondary N) is 3. The number of aromatic amines is 1. The number of amides is 1. The van der Waals surface area contributed by atoms with Crippen molar-refractivity contribution in [2.24, 2.45) is 0 Å². The maximum absolute atomic E-state index is 13.9. The van der Waals surface area contributed by atoms with Crippen LogP contribution in [0.25, 0.3) is 10.9 Å². The lowest BCUT2D eigenvalue weighted by molar-refractivity contribution is -0.115. The molecule has 0 spiro atoms. The monoisotopic (exact) mass is 675 g/mol. The Bertz CT molecular complexity index is 1730. The van der Waals surface area contributed by atoms with Crippen molar-refractivity contribution in [3.05, 3.63) is 60.1 Å². The molecule has 1 saturated carbocycles. The molecule has 252 valence electrons. The molecule has 17 heteroatoms. The fourth-order valence-corrected chi connectivity index (χ4v) is 5.83. The van der Waals surface area contributed by atoms with Crippen molar-refractivity contribution in [1.29, 1.82) is 0 Å². The number of benzene rings is 2. The van der Waals surface area contributed by atoms with Gasteiger partial charge in [0, 0.05) is 42.3 Å². The second-order valence-corrected chi connectivity index (χ2v) is 12.2. The average Bonchev–Trinajstić information content (AvgIpc) is 3.72. The van der Waals surface area contributed by atoms with E-state index < -0.39 is 25.4 Å². The predicted octanol–water partition coefficient (Wildman–Crippen LogP) is 4.69. The fourth-order valence-electron chi connectivity index (χ4n) is 5.51. The molecule has 47 heavy (non-hydrogen) atoms. The maximum Gasteiger partial charge on any atom is 0.469 e. The van der Waals surface area contributed by atoms with E-state index in [0.29, 0.717) is 71.9 Å². The van der Waals surface area contributed by atoms with Gasteiger partial charge in [0.25, 0.3) is 0 Å². The lowest BCUT2D eigenvalue weighted by atomic mass is 10.2. The van der Waals surface area contributed by atoms with Gasteiger partial charge in [-0.1, -0.05) is 18.9 Å². The molecule has 4 aromatic rings. The molecule has 1 amide bonds. The first-order valence-electron chi connectivity index (χ1n) is 15.0. The van der Waals surface area contributed by atoms with E-state index in [4.69, 9.17) is 19.3 Å². The van der Waals surface area contributed by atoms with Gasteiger partial charge in [-0.2, -0.15) is 5.10 Å². The van der Waals surface area contributed by atoms with Crippen LogP contribution in [0.15, 0.2) is 42.7 Å². The van der Waals surface area contributed by atoms with E-state index in [-0.39, 0.29) is 18.7 Å². The molecule has 0 atom stereocenters. The number of H-pyrrole nitrogens is 1. The standard InChI is InChI=1S/C30H36F2N7O7P/c1-44-25-16-21-24(17-26(25)45-12-5-10-39(20-6-2-3-7-20)11-13-46-47(41,42)43)33-18-34-30(21)36-27-14-19(37-38-27)15-28(40)35-23-9-4-8-22(31)29(23)32/h4,8-9,14,16-18,20H,2-3,5-7,10-13,15H2,1H3,(H,35,40)(H2,41,42,43)(H2,33,34,36,37,38). The van der Waals surface area contributed by atoms with Crippen molar-refractivity contribution < 1.29 is 41.9 Å². The quantitative estimate of drug-likeness (QED) is 0.0817. The van der Waals surface area contributed by atoms with Gasteiger partial charge in [-0.25, -0.2) is 23.3 Å². The zero-order valence-corrected chi connectivity index (χ0v) is 26.5. The van der Waals surface area contributed by atoms with E-state index in [1.807, 2.05) is 0 Å². The molecule has 2 heterocycles. The number of anilines is 3. The van der Waals surface area contributed by atoms with Gasteiger partial charge in [-0.15, -0.1) is 0 Å². The van der Waals surface area contributed by atoms with Crippen molar-refractivity contribution in [2.45, 2.75) is 44.6 Å². The second-order valence-electron chi connectivity index (χ2n) is 11.0. The van der Waals surface area contributed by atoms with E-state index >= 15 is 0 Å². The number of carbonyl (C=O) groups excluding carboxylic acids is 1. The Morgan fingerprint density at radius 2 is 1.91 bits per heavy atom. The first-order valence-corrected chi connectivity index (χ1v) is 16.6. The highest BCUT2D eigenvalue weighted by Crippen LogP contribution is 2.36. The number of methoxy groups -OCH3 is 1. The van der Waals surface area contributed by atoms with Crippen molar-refractivity contribution in [3.63, 3.8) is 0 Å². The molecule has 5 rings (SSSR count). The number of aromatic nitrogens is 4. The molecule has 0 saturated heterocycles. The van der Waals surface area contributed by atoms with Crippen molar-refractivity contribution in [1.82, 2.24) is 25.1 Å². The summed E-state index contributed by atoms with van der Waals surface area (Å²) in [6.45, 7) is 1.41. The minimum atomic E-state index is -4.52. The number of phosphoric ester groups is 1. The summed E-state index contributed by atoms with van der Waals surface area (Å²) in [7, 11) is -2.99. The minimum absolute atomic E-state index is 0.0527. The Morgan fingerprint density at radius 3 is 2.68 bits per heavy atom. The number of ether oxygens (including phenoxy) is 2. The summed E-state index contributed by atoms with van der Waals surface area (Å²) in [5.41, 5.74) is 0.747. The summed E-state index contributed by atoms with van der Waals surface area (Å²) >= 11 is 0. The molecule has 0 bridgehead atoms. The first kappa shape index (κ1) is 34.1. The molecule has 1 aliphatic carbocycles. The van der Waals surface area contributed by atoms with E-state index in [0.717, 1.165) is 31.7 Å². The molecule has 14 nitrogen and oxygen atoms in total. The highest BCUT2D eigenvalue weighted by molar-refractivity contribution is 7.46. The van der Waals surface area contributed by atoms with Crippen LogP contribution >= 0.6 is 7.82 Å². The zero-order valence-electron chi connectivity index (χ0n) is 25.6. The van der Waals surface area contributed by atoms with Crippen molar-refractivity contribution in [3.8, 4) is 11.5 Å². The Labute approximate surface area is 269 Å². The highest BCUT2D eigenvalue weighted by Gasteiger charge is 2.24. The summed E-state index contributed by atoms with van der Waals surface area (Å²) in [5, 5.41) is 13.0. The number of carbonyl (C=O) groups is 1. The fraction of sp³-hybridized carbons (Fsp3) is 0.400. The van der Waals surface area contributed by atoms with Gasteiger partial charge in [-0.3, -0.25) is 19.3 Å². The molecule has 5 N–H and O–H groups in total. The molecule has 0 radical (unpaired) electrons. The number of phosphoric acid groups is 1. The van der Waals surface area contributed by atoms with Gasteiger partial charge in [-0.05, 0) is 37.5 Å². The molecular formula is C30H36F2N7O7P. The van der Waals surface area contributed by atoms with E-state index in [2.05, 4.69) is 40.2 Å². The molecule has 2 aromatic heterocycles. The number of nitrogens with zero attached hydrogens (tertiary/aromatic N) is 4. The Balaban J connectivity index is 1.19. The summed E-state index contributed by atoms with van der Waals surface area (Å²) in [6.07, 6.45) is 6.22. The van der Waals surface area contributed by atoms with Crippen LogP contribution in [-0.4, -0.2) is 80.2 Å². The van der Waals surface area contributed by atoms with Crippen LogP contribution in [0.1, 0.15) is 37.8 Å². The van der Waals surface area contributed by atoms with Gasteiger partial charge in [0.05, 0.1) is 37.9 Å². The SMILES string of the molecule is COc1cc2c(Nc3cc(CC(=O)Nc4cccc(F)c4F)[nH]n3)ncnc2cc1OCCCN(CCOP(=O)(O)O)C1CCCC1. The van der Waals surface area contributed by atoms with E-state index in [1.165, 1.54) is 25.6 Å². The van der Waals surface area contributed by atoms with Gasteiger partial charge >= 0.3 is 7.82 Å². The lowest BCUT2D eigenvalue weighted by Crippen LogP contribution is -2.37. The topological polar surface area (TPSA) is 184 Å². The van der Waals surface area contributed by atoms with Crippen LogP contribution < -0.4 is 20.1 Å². The van der Waals surface area contributed by atoms with Gasteiger partial charge in [0.15, 0.2) is 29.0 Å². The Hall–Kier alpha value is -4.21. The van der Waals surface area contributed by atoms with Crippen LogP contribution in [0, 0.1) is 11.6 Å². The van der Waals surface area contributed by atoms with Gasteiger partial charge in [0.1, 0.15) is 12.1 Å². The normalized spacial score (nSPS) is 13.7.